The van der Waals surface area contributed by atoms with Crippen molar-refractivity contribution in [3.05, 3.63) is 41.1 Å². The number of hydroxylamine groups is 1. The molecule has 9 heteroatoms. The Labute approximate surface area is 183 Å². The third-order valence-electron chi connectivity index (χ3n) is 6.34. The summed E-state index contributed by atoms with van der Waals surface area (Å²) in [6, 6.07) is 5.99. The Kier molecular flexibility index (Phi) is 6.47. The van der Waals surface area contributed by atoms with E-state index in [4.69, 9.17) is 5.21 Å². The Morgan fingerprint density at radius 3 is 2.65 bits per heavy atom. The molecule has 0 spiro atoms. The first-order valence-corrected chi connectivity index (χ1v) is 12.7. The molecule has 1 amide bonds. The van der Waals surface area contributed by atoms with Gasteiger partial charge in [0.1, 0.15) is 0 Å². The molecular weight excluding hydrogens is 416 g/mol. The lowest BCUT2D eigenvalue weighted by molar-refractivity contribution is -0.124. The van der Waals surface area contributed by atoms with E-state index < -0.39 is 15.9 Å². The molecule has 4 rings (SSSR count). The first-order chi connectivity index (χ1) is 14.9. The fraction of sp³-hybridized carbons (Fsp3) is 0.500. The molecule has 8 nitrogen and oxygen atoms in total. The number of carbonyl (C=O) groups is 1. The van der Waals surface area contributed by atoms with Gasteiger partial charge in [-0.25, -0.2) is 13.9 Å². The number of benzene rings is 1. The number of fused-ring (bicyclic) bond motifs is 3. The lowest BCUT2D eigenvalue weighted by Gasteiger charge is -2.28. The maximum absolute atomic E-state index is 12.2. The van der Waals surface area contributed by atoms with Crippen LogP contribution in [0.1, 0.15) is 36.1 Å². The number of carbonyl (C=O) groups excluding carboxylic acids is 1. The van der Waals surface area contributed by atoms with E-state index in [9.17, 15) is 13.2 Å². The van der Waals surface area contributed by atoms with Crippen molar-refractivity contribution in [3.8, 4) is 0 Å². The molecule has 1 fully saturated rings. The average Bonchev–Trinajstić information content (AvgIpc) is 3.08. The summed E-state index contributed by atoms with van der Waals surface area (Å²) in [5.41, 5.74) is 5.77. The molecule has 1 saturated heterocycles. The van der Waals surface area contributed by atoms with E-state index in [0.29, 0.717) is 19.5 Å². The van der Waals surface area contributed by atoms with Crippen LogP contribution in [0, 0.1) is 0 Å². The minimum atomic E-state index is -3.27. The molecular formula is C22H30N4O4S. The molecule has 0 unspecified atom stereocenters. The maximum atomic E-state index is 12.2. The van der Waals surface area contributed by atoms with E-state index in [2.05, 4.69) is 9.47 Å². The number of nitrogens with zero attached hydrogens (tertiary/aromatic N) is 3. The summed E-state index contributed by atoms with van der Waals surface area (Å²) in [7, 11) is -3.27. The number of piperidine rings is 1. The van der Waals surface area contributed by atoms with Gasteiger partial charge in [-0.15, -0.1) is 0 Å². The maximum Gasteiger partial charge on any atom is 0.267 e. The summed E-state index contributed by atoms with van der Waals surface area (Å²) in [6.07, 6.45) is 8.67. The Balaban J connectivity index is 1.71. The molecule has 2 aromatic rings. The van der Waals surface area contributed by atoms with Crippen molar-refractivity contribution >= 4 is 32.9 Å². The number of hydrogen-bond donors (Lipinski definition) is 2. The molecule has 0 saturated carbocycles. The van der Waals surface area contributed by atoms with Gasteiger partial charge in [-0.3, -0.25) is 10.0 Å². The van der Waals surface area contributed by atoms with Crippen molar-refractivity contribution in [1.29, 1.82) is 0 Å². The lowest BCUT2D eigenvalue weighted by Crippen LogP contribution is -2.36. The summed E-state index contributed by atoms with van der Waals surface area (Å²) in [6.45, 7) is 5.02. The second-order valence-electron chi connectivity index (χ2n) is 8.41. The topological polar surface area (TPSA) is 94.9 Å². The molecule has 0 radical (unpaired) electrons. The van der Waals surface area contributed by atoms with Crippen molar-refractivity contribution in [1.82, 2.24) is 19.3 Å². The molecule has 31 heavy (non-hydrogen) atoms. The van der Waals surface area contributed by atoms with Gasteiger partial charge in [0.05, 0.1) is 6.26 Å². The molecule has 0 aliphatic carbocycles. The third kappa shape index (κ3) is 4.85. The fourth-order valence-corrected chi connectivity index (χ4v) is 5.51. The minimum Gasteiger partial charge on any atom is -0.343 e. The van der Waals surface area contributed by atoms with Crippen LogP contribution in [-0.4, -0.2) is 65.7 Å². The Hall–Kier alpha value is -2.20. The van der Waals surface area contributed by atoms with Crippen LogP contribution < -0.4 is 5.48 Å². The van der Waals surface area contributed by atoms with Crippen LogP contribution in [0.5, 0.6) is 0 Å². The van der Waals surface area contributed by atoms with E-state index in [1.807, 2.05) is 18.2 Å². The molecule has 168 valence electrons. The molecule has 2 aliphatic rings. The zero-order chi connectivity index (χ0) is 22.0. The van der Waals surface area contributed by atoms with Crippen LogP contribution in [0.4, 0.5) is 0 Å². The largest absolute Gasteiger partial charge is 0.343 e. The van der Waals surface area contributed by atoms with Gasteiger partial charge in [-0.2, -0.15) is 4.31 Å². The Bertz CT molecular complexity index is 1100. The van der Waals surface area contributed by atoms with Gasteiger partial charge in [0.15, 0.2) is 0 Å². The molecule has 3 heterocycles. The number of rotatable bonds is 6. The number of nitrogens with one attached hydrogen (secondary N) is 1. The van der Waals surface area contributed by atoms with Gasteiger partial charge in [0.25, 0.3) is 5.91 Å². The highest BCUT2D eigenvalue weighted by atomic mass is 32.2. The zero-order valence-corrected chi connectivity index (χ0v) is 18.7. The normalized spacial score (nSPS) is 18.5. The van der Waals surface area contributed by atoms with Crippen molar-refractivity contribution in [2.75, 3.05) is 32.4 Å². The van der Waals surface area contributed by atoms with Crippen LogP contribution in [0.25, 0.3) is 17.0 Å². The van der Waals surface area contributed by atoms with Gasteiger partial charge in [0.2, 0.25) is 10.0 Å². The number of amides is 1. The molecule has 2 N–H and O–H groups in total. The summed E-state index contributed by atoms with van der Waals surface area (Å²) in [5, 5.41) is 9.72. The summed E-state index contributed by atoms with van der Waals surface area (Å²) >= 11 is 0. The summed E-state index contributed by atoms with van der Waals surface area (Å²) < 4.78 is 28.3. The highest BCUT2D eigenvalue weighted by Gasteiger charge is 2.28. The smallest absolute Gasteiger partial charge is 0.267 e. The van der Waals surface area contributed by atoms with Gasteiger partial charge >= 0.3 is 0 Å². The Morgan fingerprint density at radius 1 is 1.16 bits per heavy atom. The fourth-order valence-electron chi connectivity index (χ4n) is 4.72. The Morgan fingerprint density at radius 2 is 1.94 bits per heavy atom. The number of hydrogen-bond acceptors (Lipinski definition) is 5. The number of sulfonamides is 1. The van der Waals surface area contributed by atoms with Gasteiger partial charge < -0.3 is 9.47 Å². The lowest BCUT2D eigenvalue weighted by atomic mass is 10.0. The highest BCUT2D eigenvalue weighted by Crippen LogP contribution is 2.33. The van der Waals surface area contributed by atoms with Crippen LogP contribution in [0.15, 0.2) is 24.3 Å². The van der Waals surface area contributed by atoms with E-state index in [0.717, 1.165) is 48.2 Å². The van der Waals surface area contributed by atoms with Crippen LogP contribution in [0.2, 0.25) is 0 Å². The zero-order valence-electron chi connectivity index (χ0n) is 17.9. The van der Waals surface area contributed by atoms with Gasteiger partial charge in [-0.1, -0.05) is 12.5 Å². The van der Waals surface area contributed by atoms with Crippen molar-refractivity contribution in [3.63, 3.8) is 0 Å². The van der Waals surface area contributed by atoms with Crippen molar-refractivity contribution in [2.24, 2.45) is 0 Å². The number of aromatic nitrogens is 1. The number of likely N-dealkylation sites (tertiary alicyclic amines) is 1. The molecule has 2 aliphatic heterocycles. The van der Waals surface area contributed by atoms with E-state index >= 15 is 0 Å². The van der Waals surface area contributed by atoms with E-state index in [1.165, 1.54) is 41.6 Å². The quantitative estimate of drug-likeness (QED) is 0.402. The predicted octanol–water partition coefficient (Wildman–Crippen LogP) is 1.96. The SMILES string of the molecule is CS(=O)(=O)N1CCc2c(c3cc(/C=C/C(=O)NO)ccc3n2CCN2CCCCC2)C1. The third-order valence-corrected chi connectivity index (χ3v) is 7.59. The first kappa shape index (κ1) is 22.0. The summed E-state index contributed by atoms with van der Waals surface area (Å²) in [4.78, 5) is 13.9. The second kappa shape index (κ2) is 9.12. The van der Waals surface area contributed by atoms with E-state index in [1.54, 1.807) is 11.6 Å². The van der Waals surface area contributed by atoms with Gasteiger partial charge in [-0.05, 0) is 55.3 Å². The standard InChI is InChI=1S/C22H30N4O4S/c1-31(29,30)25-12-9-21-19(16-25)18-15-17(6-8-22(27)23-28)5-7-20(18)26(21)14-13-24-10-3-2-4-11-24/h5-8,15,28H,2-4,9-14,16H2,1H3,(H,23,27)/b8-6+. The molecule has 1 aromatic heterocycles. The second-order valence-corrected chi connectivity index (χ2v) is 10.4. The van der Waals surface area contributed by atoms with E-state index in [-0.39, 0.29) is 0 Å². The average molecular weight is 447 g/mol. The first-order valence-electron chi connectivity index (χ1n) is 10.8. The van der Waals surface area contributed by atoms with Crippen LogP contribution in [0.3, 0.4) is 0 Å². The van der Waals surface area contributed by atoms with Gasteiger partial charge in [0, 0.05) is 55.3 Å². The molecule has 0 bridgehead atoms. The predicted molar refractivity (Wildman–Crippen MR) is 120 cm³/mol. The molecule has 1 aromatic carbocycles. The minimum absolute atomic E-state index is 0.367. The van der Waals surface area contributed by atoms with Crippen LogP contribution in [-0.2, 0) is 34.3 Å². The van der Waals surface area contributed by atoms with Crippen molar-refractivity contribution < 1.29 is 18.4 Å². The monoisotopic (exact) mass is 446 g/mol. The molecule has 0 atom stereocenters. The summed E-state index contributed by atoms with van der Waals surface area (Å²) in [5.74, 6) is -0.593. The highest BCUT2D eigenvalue weighted by molar-refractivity contribution is 7.88. The van der Waals surface area contributed by atoms with Crippen molar-refractivity contribution in [2.45, 2.75) is 38.8 Å². The van der Waals surface area contributed by atoms with Crippen LogP contribution >= 0.6 is 0 Å².